The van der Waals surface area contributed by atoms with Crippen molar-refractivity contribution >= 4 is 22.6 Å². The minimum atomic E-state index is 0.0444. The Kier molecular flexibility index (Phi) is 1.81. The van der Waals surface area contributed by atoms with Gasteiger partial charge in [0.1, 0.15) is 18.1 Å². The molecule has 3 nitrogen and oxygen atoms in total. The van der Waals surface area contributed by atoms with Crippen LogP contribution in [0.15, 0.2) is 30.3 Å². The lowest BCUT2D eigenvalue weighted by Gasteiger charge is -2.15. The van der Waals surface area contributed by atoms with E-state index in [9.17, 15) is 4.79 Å². The summed E-state index contributed by atoms with van der Waals surface area (Å²) in [7, 11) is 0. The first-order valence-corrected chi connectivity index (χ1v) is 5.89. The molecule has 0 aromatic heterocycles. The fourth-order valence-electron chi connectivity index (χ4n) is 2.61. The number of ketones is 1. The molecule has 0 amide bonds. The summed E-state index contributed by atoms with van der Waals surface area (Å²) in [5.74, 6) is 1.56. The topological polar surface area (TPSA) is 35.5 Å². The zero-order chi connectivity index (χ0) is 12.1. The molecule has 0 radical (unpaired) electrons. The highest BCUT2D eigenvalue weighted by Crippen LogP contribution is 2.39. The Morgan fingerprint density at radius 3 is 2.72 bits per heavy atom. The van der Waals surface area contributed by atoms with E-state index in [0.717, 1.165) is 22.1 Å². The van der Waals surface area contributed by atoms with Gasteiger partial charge in [-0.2, -0.15) is 0 Å². The molecule has 0 saturated heterocycles. The molecule has 0 aliphatic carbocycles. The Labute approximate surface area is 104 Å². The van der Waals surface area contributed by atoms with E-state index in [1.165, 1.54) is 0 Å². The number of carbonyl (C=O) groups is 1. The lowest BCUT2D eigenvalue weighted by molar-refractivity contribution is 0.0962. The molecule has 2 heterocycles. The summed E-state index contributed by atoms with van der Waals surface area (Å²) in [6.07, 6.45) is 3.98. The number of benzene rings is 2. The Bertz CT molecular complexity index is 713. The summed E-state index contributed by atoms with van der Waals surface area (Å²) in [6, 6.07) is 7.78. The van der Waals surface area contributed by atoms with E-state index in [1.807, 2.05) is 36.4 Å². The number of hydrogen-bond acceptors (Lipinski definition) is 3. The van der Waals surface area contributed by atoms with Gasteiger partial charge in [0.15, 0.2) is 6.61 Å². The predicted molar refractivity (Wildman–Crippen MR) is 68.3 cm³/mol. The fraction of sp³-hybridized carbons (Fsp3) is 0.133. The summed E-state index contributed by atoms with van der Waals surface area (Å²) in [6.45, 7) is 0.723. The molecule has 0 saturated carbocycles. The zero-order valence-electron chi connectivity index (χ0n) is 9.60. The standard InChI is InChI=1S/C15H10O3/c16-11-8-18-13-6-4-9-3-5-12-10(2-1-7-17-12)14(9)15(11)13/h1-6H,7-8H2. The molecule has 0 fully saturated rings. The summed E-state index contributed by atoms with van der Waals surface area (Å²) < 4.78 is 11.0. The van der Waals surface area contributed by atoms with Gasteiger partial charge in [0, 0.05) is 10.9 Å². The third-order valence-corrected chi connectivity index (χ3v) is 3.41. The number of ether oxygens (including phenoxy) is 2. The molecule has 3 heteroatoms. The van der Waals surface area contributed by atoms with Crippen LogP contribution in [0.5, 0.6) is 11.5 Å². The smallest absolute Gasteiger partial charge is 0.204 e. The van der Waals surface area contributed by atoms with E-state index in [-0.39, 0.29) is 12.4 Å². The van der Waals surface area contributed by atoms with Crippen LogP contribution >= 0.6 is 0 Å². The Hall–Kier alpha value is -2.29. The molecule has 0 N–H and O–H groups in total. The van der Waals surface area contributed by atoms with Gasteiger partial charge < -0.3 is 9.47 Å². The first-order valence-electron chi connectivity index (χ1n) is 5.89. The van der Waals surface area contributed by atoms with Crippen molar-refractivity contribution in [2.45, 2.75) is 0 Å². The molecular formula is C15H10O3. The average Bonchev–Trinajstić information content (AvgIpc) is 2.80. The van der Waals surface area contributed by atoms with E-state index in [4.69, 9.17) is 9.47 Å². The Morgan fingerprint density at radius 2 is 1.83 bits per heavy atom. The first-order chi connectivity index (χ1) is 8.84. The van der Waals surface area contributed by atoms with Gasteiger partial charge in [0.25, 0.3) is 0 Å². The normalized spacial score (nSPS) is 16.1. The molecule has 2 aliphatic heterocycles. The molecule has 0 unspecified atom stereocenters. The third-order valence-electron chi connectivity index (χ3n) is 3.41. The van der Waals surface area contributed by atoms with Gasteiger partial charge in [-0.3, -0.25) is 4.79 Å². The molecule has 88 valence electrons. The fourth-order valence-corrected chi connectivity index (χ4v) is 2.61. The number of hydrogen-bond donors (Lipinski definition) is 0. The molecule has 2 aromatic rings. The summed E-state index contributed by atoms with van der Waals surface area (Å²) in [5.41, 5.74) is 1.67. The molecule has 0 spiro atoms. The largest absolute Gasteiger partial charge is 0.489 e. The van der Waals surface area contributed by atoms with Crippen molar-refractivity contribution < 1.29 is 14.3 Å². The van der Waals surface area contributed by atoms with Gasteiger partial charge >= 0.3 is 0 Å². The van der Waals surface area contributed by atoms with E-state index >= 15 is 0 Å². The predicted octanol–water partition coefficient (Wildman–Crippen LogP) is 2.82. The van der Waals surface area contributed by atoms with Crippen molar-refractivity contribution in [3.05, 3.63) is 41.5 Å². The van der Waals surface area contributed by atoms with Crippen molar-refractivity contribution in [2.75, 3.05) is 13.2 Å². The molecular weight excluding hydrogens is 228 g/mol. The van der Waals surface area contributed by atoms with Crippen molar-refractivity contribution in [3.8, 4) is 11.5 Å². The highest BCUT2D eigenvalue weighted by atomic mass is 16.5. The summed E-state index contributed by atoms with van der Waals surface area (Å²) >= 11 is 0. The van der Waals surface area contributed by atoms with Crippen LogP contribution in [0.4, 0.5) is 0 Å². The van der Waals surface area contributed by atoms with Crippen LogP contribution in [0.1, 0.15) is 15.9 Å². The minimum absolute atomic E-state index is 0.0444. The van der Waals surface area contributed by atoms with Crippen LogP contribution in [-0.4, -0.2) is 19.0 Å². The van der Waals surface area contributed by atoms with Crippen LogP contribution in [0.3, 0.4) is 0 Å². The zero-order valence-corrected chi connectivity index (χ0v) is 9.60. The first kappa shape index (κ1) is 9.71. The average molecular weight is 238 g/mol. The highest BCUT2D eigenvalue weighted by molar-refractivity contribution is 6.15. The SMILES string of the molecule is O=C1COc2ccc3ccc4c(c3c21)C=CCO4. The number of rotatable bonds is 0. The number of fused-ring (bicyclic) bond motifs is 5. The second kappa shape index (κ2) is 3.35. The Balaban J connectivity index is 2.19. The van der Waals surface area contributed by atoms with Gasteiger partial charge in [-0.15, -0.1) is 0 Å². The highest BCUT2D eigenvalue weighted by Gasteiger charge is 2.26. The lowest BCUT2D eigenvalue weighted by atomic mass is 9.95. The van der Waals surface area contributed by atoms with E-state index < -0.39 is 0 Å². The molecule has 0 atom stereocenters. The van der Waals surface area contributed by atoms with E-state index in [0.29, 0.717) is 17.9 Å². The van der Waals surface area contributed by atoms with Gasteiger partial charge in [-0.1, -0.05) is 18.2 Å². The number of Topliss-reactive ketones (excluding diaryl/α,β-unsaturated/α-hetero) is 1. The third kappa shape index (κ3) is 1.16. The molecule has 2 aromatic carbocycles. The van der Waals surface area contributed by atoms with Gasteiger partial charge in [-0.05, 0) is 23.6 Å². The van der Waals surface area contributed by atoms with Crippen LogP contribution in [0.25, 0.3) is 16.8 Å². The molecule has 4 rings (SSSR count). The second-order valence-corrected chi connectivity index (χ2v) is 4.44. The van der Waals surface area contributed by atoms with Crippen LogP contribution < -0.4 is 9.47 Å². The quantitative estimate of drug-likeness (QED) is 0.708. The van der Waals surface area contributed by atoms with Gasteiger partial charge in [-0.25, -0.2) is 0 Å². The van der Waals surface area contributed by atoms with Crippen LogP contribution in [0.2, 0.25) is 0 Å². The minimum Gasteiger partial charge on any atom is -0.489 e. The summed E-state index contributed by atoms with van der Waals surface area (Å²) in [4.78, 5) is 12.0. The van der Waals surface area contributed by atoms with Gasteiger partial charge in [0.2, 0.25) is 5.78 Å². The van der Waals surface area contributed by atoms with E-state index in [2.05, 4.69) is 0 Å². The second-order valence-electron chi connectivity index (χ2n) is 4.44. The maximum absolute atomic E-state index is 12.0. The summed E-state index contributed by atoms with van der Waals surface area (Å²) in [5, 5.41) is 1.99. The van der Waals surface area contributed by atoms with Crippen LogP contribution in [-0.2, 0) is 0 Å². The maximum atomic E-state index is 12.0. The lowest BCUT2D eigenvalue weighted by Crippen LogP contribution is -2.03. The molecule has 18 heavy (non-hydrogen) atoms. The Morgan fingerprint density at radius 1 is 1.00 bits per heavy atom. The van der Waals surface area contributed by atoms with Crippen molar-refractivity contribution in [3.63, 3.8) is 0 Å². The maximum Gasteiger partial charge on any atom is 0.204 e. The molecule has 2 aliphatic rings. The van der Waals surface area contributed by atoms with Crippen molar-refractivity contribution in [2.24, 2.45) is 0 Å². The van der Waals surface area contributed by atoms with E-state index in [1.54, 1.807) is 0 Å². The monoisotopic (exact) mass is 238 g/mol. The van der Waals surface area contributed by atoms with Crippen molar-refractivity contribution in [1.29, 1.82) is 0 Å². The number of carbonyl (C=O) groups excluding carboxylic acids is 1. The van der Waals surface area contributed by atoms with Crippen molar-refractivity contribution in [1.82, 2.24) is 0 Å². The van der Waals surface area contributed by atoms with Crippen LogP contribution in [0, 0.1) is 0 Å². The van der Waals surface area contributed by atoms with Gasteiger partial charge in [0.05, 0.1) is 5.56 Å². The molecule has 0 bridgehead atoms.